The monoisotopic (exact) mass is 608 g/mol. The van der Waals surface area contributed by atoms with Crippen molar-refractivity contribution >= 4 is 43.0 Å². The summed E-state index contributed by atoms with van der Waals surface area (Å²) in [6.07, 6.45) is -6.93. The van der Waals surface area contributed by atoms with Gasteiger partial charge in [-0.15, -0.1) is 0 Å². The summed E-state index contributed by atoms with van der Waals surface area (Å²) >= 11 is 1.33. The Labute approximate surface area is 217 Å². The van der Waals surface area contributed by atoms with Crippen molar-refractivity contribution < 1.29 is 51.6 Å². The molecule has 0 unspecified atom stereocenters. The number of rotatable bonds is 8. The Morgan fingerprint density at radius 1 is 0.711 bits per heavy atom. The third-order valence-electron chi connectivity index (χ3n) is 5.81. The Bertz CT molecular complexity index is 1440. The highest BCUT2D eigenvalue weighted by Gasteiger charge is 2.86. The second-order valence-electron chi connectivity index (χ2n) is 8.28. The Kier molecular flexibility index (Phi) is 7.24. The van der Waals surface area contributed by atoms with E-state index in [2.05, 4.69) is 3.63 Å². The van der Waals surface area contributed by atoms with Crippen LogP contribution in [0.1, 0.15) is 6.42 Å². The van der Waals surface area contributed by atoms with Gasteiger partial charge in [-0.2, -0.15) is 47.9 Å². The van der Waals surface area contributed by atoms with E-state index in [1.54, 1.807) is 42.5 Å². The van der Waals surface area contributed by atoms with E-state index in [0.29, 0.717) is 15.7 Å². The van der Waals surface area contributed by atoms with Crippen LogP contribution in [-0.2, 0) is 13.7 Å². The van der Waals surface area contributed by atoms with Crippen molar-refractivity contribution in [2.45, 2.75) is 44.4 Å². The van der Waals surface area contributed by atoms with Crippen LogP contribution in [0.15, 0.2) is 81.4 Å². The molecule has 15 heteroatoms. The first-order valence-corrected chi connectivity index (χ1v) is 14.8. The van der Waals surface area contributed by atoms with Crippen molar-refractivity contribution in [1.82, 2.24) is 0 Å². The first-order chi connectivity index (χ1) is 17.5. The summed E-state index contributed by atoms with van der Waals surface area (Å²) in [4.78, 5) is 1.58. The van der Waals surface area contributed by atoms with Crippen molar-refractivity contribution in [2.24, 2.45) is 0 Å². The molecule has 0 atom stereocenters. The molecule has 208 valence electrons. The standard InChI is InChI=1S/C23H17F9O3S3/c24-20(25,22(28,29)30)21(26,27)23(31,32)38(33,34)35-37(13-6-14-37)19-12-11-18(16-9-4-5-10-17(16)19)36-15-7-2-1-3-8-15/h1-5,7-12H,6,13-14H2. The SMILES string of the molecule is O=S(=O)(OS1(c2ccc(Sc3ccccc3)c3ccccc23)CCC1)C(F)(F)C(F)(F)C(F)(F)C(F)(F)F. The van der Waals surface area contributed by atoms with Crippen LogP contribution < -0.4 is 0 Å². The van der Waals surface area contributed by atoms with Gasteiger partial charge < -0.3 is 0 Å². The summed E-state index contributed by atoms with van der Waals surface area (Å²) in [6, 6.07) is 18.3. The van der Waals surface area contributed by atoms with Gasteiger partial charge in [-0.3, -0.25) is 0 Å². The summed E-state index contributed by atoms with van der Waals surface area (Å²) in [7, 11) is -10.3. The van der Waals surface area contributed by atoms with Gasteiger partial charge in [0.2, 0.25) is 0 Å². The van der Waals surface area contributed by atoms with Crippen molar-refractivity contribution in [3.05, 3.63) is 66.7 Å². The molecule has 0 amide bonds. The molecule has 0 aromatic heterocycles. The van der Waals surface area contributed by atoms with Crippen LogP contribution in [-0.4, -0.2) is 43.2 Å². The predicted molar refractivity (Wildman–Crippen MR) is 126 cm³/mol. The maximum Gasteiger partial charge on any atom is 0.460 e. The van der Waals surface area contributed by atoms with E-state index in [0.717, 1.165) is 4.90 Å². The molecule has 1 fully saturated rings. The second kappa shape index (κ2) is 9.52. The van der Waals surface area contributed by atoms with Gasteiger partial charge in [0.1, 0.15) is 0 Å². The summed E-state index contributed by atoms with van der Waals surface area (Å²) in [6.45, 7) is 0. The van der Waals surface area contributed by atoms with Gasteiger partial charge in [0.05, 0.1) is 0 Å². The molecule has 3 aromatic carbocycles. The number of alkyl halides is 9. The van der Waals surface area contributed by atoms with Gasteiger partial charge in [0, 0.05) is 26.2 Å². The van der Waals surface area contributed by atoms with Gasteiger partial charge in [0.15, 0.2) is 0 Å². The number of fused-ring (bicyclic) bond motifs is 1. The largest absolute Gasteiger partial charge is 0.460 e. The summed E-state index contributed by atoms with van der Waals surface area (Å²) in [5.74, 6) is -15.1. The van der Waals surface area contributed by atoms with Crippen LogP contribution in [0.25, 0.3) is 10.8 Å². The van der Waals surface area contributed by atoms with Gasteiger partial charge in [0.25, 0.3) is 0 Å². The van der Waals surface area contributed by atoms with E-state index in [9.17, 15) is 47.9 Å². The Morgan fingerprint density at radius 3 is 1.79 bits per heavy atom. The van der Waals surface area contributed by atoms with Gasteiger partial charge >= 0.3 is 33.4 Å². The van der Waals surface area contributed by atoms with Crippen molar-refractivity contribution in [2.75, 3.05) is 11.5 Å². The van der Waals surface area contributed by atoms with Crippen LogP contribution in [0.4, 0.5) is 39.5 Å². The molecule has 0 spiro atoms. The maximum absolute atomic E-state index is 14.4. The summed E-state index contributed by atoms with van der Waals surface area (Å²) < 4.78 is 150. The van der Waals surface area contributed by atoms with Gasteiger partial charge in [-0.25, -0.2) is 3.63 Å². The van der Waals surface area contributed by atoms with Crippen LogP contribution in [0.3, 0.4) is 0 Å². The fraction of sp³-hybridized carbons (Fsp3) is 0.304. The molecule has 0 saturated carbocycles. The topological polar surface area (TPSA) is 43.4 Å². The molecule has 1 aliphatic heterocycles. The maximum atomic E-state index is 14.4. The molecule has 0 aliphatic carbocycles. The Morgan fingerprint density at radius 2 is 1.26 bits per heavy atom. The molecule has 1 aliphatic rings. The van der Waals surface area contributed by atoms with E-state index < -0.39 is 43.7 Å². The Hall–Kier alpha value is -2.10. The molecule has 3 nitrogen and oxygen atoms in total. The van der Waals surface area contributed by atoms with Crippen LogP contribution in [0.5, 0.6) is 0 Å². The molecule has 3 aromatic rings. The second-order valence-corrected chi connectivity index (χ2v) is 14.2. The summed E-state index contributed by atoms with van der Waals surface area (Å²) in [5, 5.41) is -6.01. The third-order valence-corrected chi connectivity index (χ3v) is 12.6. The van der Waals surface area contributed by atoms with E-state index >= 15 is 0 Å². The first kappa shape index (κ1) is 28.9. The number of hydrogen-bond acceptors (Lipinski definition) is 4. The minimum Gasteiger partial charge on any atom is -0.211 e. The fourth-order valence-corrected chi connectivity index (χ4v) is 9.85. The van der Waals surface area contributed by atoms with Gasteiger partial charge in [-0.1, -0.05) is 64.5 Å². The number of halogens is 9. The van der Waals surface area contributed by atoms with Crippen LogP contribution >= 0.6 is 22.1 Å². The van der Waals surface area contributed by atoms with Crippen LogP contribution in [0.2, 0.25) is 0 Å². The van der Waals surface area contributed by atoms with Crippen molar-refractivity contribution in [1.29, 1.82) is 0 Å². The zero-order chi connectivity index (χ0) is 28.2. The minimum absolute atomic E-state index is 0.0713. The van der Waals surface area contributed by atoms with E-state index in [1.165, 1.54) is 23.9 Å². The lowest BCUT2D eigenvalue weighted by Crippen LogP contribution is -2.63. The minimum atomic E-state index is -7.36. The molecule has 4 rings (SSSR count). The predicted octanol–water partition coefficient (Wildman–Crippen LogP) is 8.25. The Balaban J connectivity index is 1.76. The van der Waals surface area contributed by atoms with Crippen molar-refractivity contribution in [3.63, 3.8) is 0 Å². The van der Waals surface area contributed by atoms with Gasteiger partial charge in [-0.05, 0) is 41.5 Å². The molecule has 0 radical (unpaired) electrons. The molecule has 1 saturated heterocycles. The summed E-state index contributed by atoms with van der Waals surface area (Å²) in [5.41, 5.74) is 0. The first-order valence-electron chi connectivity index (χ1n) is 10.7. The van der Waals surface area contributed by atoms with Crippen molar-refractivity contribution in [3.8, 4) is 0 Å². The highest BCUT2D eigenvalue weighted by atomic mass is 32.3. The highest BCUT2D eigenvalue weighted by Crippen LogP contribution is 2.68. The molecule has 0 bridgehead atoms. The smallest absolute Gasteiger partial charge is 0.211 e. The molecular formula is C23H17F9O3S3. The molecule has 0 N–H and O–H groups in total. The highest BCUT2D eigenvalue weighted by molar-refractivity contribution is 8.34. The zero-order valence-corrected chi connectivity index (χ0v) is 21.3. The fourth-order valence-electron chi connectivity index (χ4n) is 3.74. The lowest BCUT2D eigenvalue weighted by atomic mass is 10.1. The normalized spacial score (nSPS) is 17.7. The lowest BCUT2D eigenvalue weighted by molar-refractivity contribution is -0.382. The van der Waals surface area contributed by atoms with E-state index in [1.807, 2.05) is 12.1 Å². The lowest BCUT2D eigenvalue weighted by Gasteiger charge is -2.47. The molecular weight excluding hydrogens is 591 g/mol. The third kappa shape index (κ3) is 4.54. The van der Waals surface area contributed by atoms with E-state index in [-0.39, 0.29) is 22.8 Å². The zero-order valence-electron chi connectivity index (χ0n) is 18.8. The van der Waals surface area contributed by atoms with E-state index in [4.69, 9.17) is 0 Å². The average Bonchev–Trinajstić information content (AvgIpc) is 2.81. The molecule has 38 heavy (non-hydrogen) atoms. The van der Waals surface area contributed by atoms with Crippen LogP contribution in [0, 0.1) is 0 Å². The molecule has 1 heterocycles. The quantitative estimate of drug-likeness (QED) is 0.242. The average molecular weight is 609 g/mol. The number of benzene rings is 3. The number of hydrogen-bond donors (Lipinski definition) is 0.